The van der Waals surface area contributed by atoms with Crippen molar-refractivity contribution in [3.8, 4) is 0 Å². The minimum absolute atomic E-state index is 0.0324. The molecule has 6 heteroatoms. The van der Waals surface area contributed by atoms with Crippen LogP contribution in [0.5, 0.6) is 0 Å². The highest BCUT2D eigenvalue weighted by atomic mass is 16.2. The van der Waals surface area contributed by atoms with Crippen LogP contribution in [0.1, 0.15) is 80.7 Å². The average molecular weight is 493 g/mol. The van der Waals surface area contributed by atoms with Gasteiger partial charge in [0, 0.05) is 43.1 Å². The maximum atomic E-state index is 13.3. The van der Waals surface area contributed by atoms with Crippen LogP contribution in [-0.4, -0.2) is 56.0 Å². The normalized spacial score (nSPS) is 14.7. The Hall–Kier alpha value is -2.86. The summed E-state index contributed by atoms with van der Waals surface area (Å²) in [5.41, 5.74) is 4.00. The minimum atomic E-state index is -0.178. The van der Waals surface area contributed by atoms with Crippen molar-refractivity contribution in [3.05, 3.63) is 59.2 Å². The van der Waals surface area contributed by atoms with Crippen molar-refractivity contribution in [1.82, 2.24) is 10.2 Å². The van der Waals surface area contributed by atoms with Gasteiger partial charge in [-0.2, -0.15) is 0 Å². The number of piperidine rings is 1. The monoisotopic (exact) mass is 492 g/mol. The first-order valence-electron chi connectivity index (χ1n) is 13.4. The van der Waals surface area contributed by atoms with Crippen molar-refractivity contribution < 1.29 is 9.59 Å². The zero-order chi connectivity index (χ0) is 26.3. The van der Waals surface area contributed by atoms with E-state index in [-0.39, 0.29) is 17.2 Å². The van der Waals surface area contributed by atoms with Gasteiger partial charge in [-0.15, -0.1) is 0 Å². The number of amides is 2. The van der Waals surface area contributed by atoms with Crippen molar-refractivity contribution in [2.45, 2.75) is 59.8 Å². The van der Waals surface area contributed by atoms with Crippen molar-refractivity contribution in [1.29, 1.82) is 0 Å². The summed E-state index contributed by atoms with van der Waals surface area (Å²) < 4.78 is 0. The van der Waals surface area contributed by atoms with Gasteiger partial charge >= 0.3 is 0 Å². The van der Waals surface area contributed by atoms with Crippen LogP contribution in [0, 0.1) is 5.92 Å². The molecule has 3 rings (SSSR count). The van der Waals surface area contributed by atoms with Gasteiger partial charge in [-0.1, -0.05) is 53.7 Å². The SMILES string of the molecule is CCN(CC)CCNC(=O)c1cc(NC(=O)c2ccc(C(C)(C)C)cc2)ccc1N1CCC(C)CC1. The predicted molar refractivity (Wildman–Crippen MR) is 150 cm³/mol. The van der Waals surface area contributed by atoms with Crippen LogP contribution in [0.2, 0.25) is 0 Å². The Bertz CT molecular complexity index is 1010. The van der Waals surface area contributed by atoms with Crippen LogP contribution < -0.4 is 15.5 Å². The molecule has 1 saturated heterocycles. The number of rotatable bonds is 9. The van der Waals surface area contributed by atoms with E-state index < -0.39 is 0 Å². The molecule has 0 aliphatic carbocycles. The van der Waals surface area contributed by atoms with E-state index in [1.165, 1.54) is 5.56 Å². The molecule has 1 fully saturated rings. The maximum Gasteiger partial charge on any atom is 0.255 e. The van der Waals surface area contributed by atoms with Gasteiger partial charge < -0.3 is 20.4 Å². The molecule has 6 nitrogen and oxygen atoms in total. The Morgan fingerprint density at radius 3 is 2.19 bits per heavy atom. The fourth-order valence-electron chi connectivity index (χ4n) is 4.61. The molecule has 0 saturated carbocycles. The molecule has 2 N–H and O–H groups in total. The molecule has 196 valence electrons. The molecule has 0 aromatic heterocycles. The topological polar surface area (TPSA) is 64.7 Å². The van der Waals surface area contributed by atoms with E-state index in [4.69, 9.17) is 0 Å². The molecular weight excluding hydrogens is 448 g/mol. The van der Waals surface area contributed by atoms with E-state index >= 15 is 0 Å². The van der Waals surface area contributed by atoms with Crippen molar-refractivity contribution in [2.75, 3.05) is 49.5 Å². The first-order valence-corrected chi connectivity index (χ1v) is 13.4. The van der Waals surface area contributed by atoms with E-state index in [0.29, 0.717) is 29.3 Å². The first-order chi connectivity index (χ1) is 17.1. The second-order valence-electron chi connectivity index (χ2n) is 11.0. The summed E-state index contributed by atoms with van der Waals surface area (Å²) in [6.07, 6.45) is 2.23. The lowest BCUT2D eigenvalue weighted by Gasteiger charge is -2.33. The Morgan fingerprint density at radius 2 is 1.61 bits per heavy atom. The molecular formula is C30H44N4O2. The van der Waals surface area contributed by atoms with Gasteiger partial charge in [0.2, 0.25) is 0 Å². The highest BCUT2D eigenvalue weighted by molar-refractivity contribution is 6.06. The van der Waals surface area contributed by atoms with E-state index in [1.54, 1.807) is 0 Å². The molecule has 2 amide bonds. The van der Waals surface area contributed by atoms with Gasteiger partial charge in [0.05, 0.1) is 5.56 Å². The second-order valence-corrected chi connectivity index (χ2v) is 11.0. The number of hydrogen-bond donors (Lipinski definition) is 2. The number of anilines is 2. The lowest BCUT2D eigenvalue weighted by Crippen LogP contribution is -2.37. The molecule has 0 atom stereocenters. The molecule has 1 aliphatic rings. The third-order valence-corrected chi connectivity index (χ3v) is 7.24. The van der Waals surface area contributed by atoms with E-state index in [0.717, 1.165) is 51.3 Å². The Labute approximate surface area is 217 Å². The van der Waals surface area contributed by atoms with Gasteiger partial charge in [-0.3, -0.25) is 9.59 Å². The number of carbonyl (C=O) groups excluding carboxylic acids is 2. The maximum absolute atomic E-state index is 13.3. The number of carbonyl (C=O) groups is 2. The molecule has 2 aromatic carbocycles. The summed E-state index contributed by atoms with van der Waals surface area (Å²) in [5.74, 6) is 0.431. The third kappa shape index (κ3) is 7.33. The molecule has 0 radical (unpaired) electrons. The fourth-order valence-corrected chi connectivity index (χ4v) is 4.61. The predicted octanol–water partition coefficient (Wildman–Crippen LogP) is 5.54. The number of benzene rings is 2. The highest BCUT2D eigenvalue weighted by Crippen LogP contribution is 2.29. The Kier molecular flexibility index (Phi) is 9.55. The average Bonchev–Trinajstić information content (AvgIpc) is 2.86. The van der Waals surface area contributed by atoms with Crippen LogP contribution in [0.4, 0.5) is 11.4 Å². The van der Waals surface area contributed by atoms with Gasteiger partial charge in [0.25, 0.3) is 11.8 Å². The zero-order valence-corrected chi connectivity index (χ0v) is 23.0. The Morgan fingerprint density at radius 1 is 0.972 bits per heavy atom. The second kappa shape index (κ2) is 12.4. The van der Waals surface area contributed by atoms with Crippen LogP contribution in [-0.2, 0) is 5.41 Å². The number of hydrogen-bond acceptors (Lipinski definition) is 4. The number of nitrogens with one attached hydrogen (secondary N) is 2. The third-order valence-electron chi connectivity index (χ3n) is 7.24. The van der Waals surface area contributed by atoms with Crippen LogP contribution in [0.3, 0.4) is 0 Å². The molecule has 1 heterocycles. The number of nitrogens with zero attached hydrogens (tertiary/aromatic N) is 2. The molecule has 0 unspecified atom stereocenters. The summed E-state index contributed by atoms with van der Waals surface area (Å²) in [6, 6.07) is 13.4. The molecule has 0 bridgehead atoms. The summed E-state index contributed by atoms with van der Waals surface area (Å²) >= 11 is 0. The first kappa shape index (κ1) is 27.7. The van der Waals surface area contributed by atoms with E-state index in [9.17, 15) is 9.59 Å². The standard InChI is InChI=1S/C30H44N4O2/c1-7-33(8-2)20-17-31-29(36)26-21-25(13-14-27(26)34-18-15-22(3)16-19-34)32-28(35)23-9-11-24(12-10-23)30(4,5)6/h9-14,21-22H,7-8,15-20H2,1-6H3,(H,31,36)(H,32,35). The van der Waals surface area contributed by atoms with E-state index in [1.807, 2.05) is 42.5 Å². The molecule has 2 aromatic rings. The van der Waals surface area contributed by atoms with Crippen molar-refractivity contribution in [3.63, 3.8) is 0 Å². The molecule has 1 aliphatic heterocycles. The van der Waals surface area contributed by atoms with Gasteiger partial charge in [-0.25, -0.2) is 0 Å². The van der Waals surface area contributed by atoms with Gasteiger partial charge in [0.1, 0.15) is 0 Å². The highest BCUT2D eigenvalue weighted by Gasteiger charge is 2.22. The summed E-state index contributed by atoms with van der Waals surface area (Å²) in [4.78, 5) is 30.9. The smallest absolute Gasteiger partial charge is 0.255 e. The molecule has 36 heavy (non-hydrogen) atoms. The van der Waals surface area contributed by atoms with Crippen LogP contribution in [0.25, 0.3) is 0 Å². The summed E-state index contributed by atoms with van der Waals surface area (Å²) in [6.45, 7) is 18.2. The van der Waals surface area contributed by atoms with Gasteiger partial charge in [-0.05, 0) is 73.2 Å². The quantitative estimate of drug-likeness (QED) is 0.482. The van der Waals surface area contributed by atoms with Crippen molar-refractivity contribution >= 4 is 23.2 Å². The molecule has 0 spiro atoms. The minimum Gasteiger partial charge on any atom is -0.371 e. The lowest BCUT2D eigenvalue weighted by molar-refractivity contribution is 0.0948. The lowest BCUT2D eigenvalue weighted by atomic mass is 9.87. The van der Waals surface area contributed by atoms with Crippen molar-refractivity contribution in [2.24, 2.45) is 5.92 Å². The largest absolute Gasteiger partial charge is 0.371 e. The number of likely N-dealkylation sites (N-methyl/N-ethyl adjacent to an activating group) is 1. The summed E-state index contributed by atoms with van der Waals surface area (Å²) in [7, 11) is 0. The van der Waals surface area contributed by atoms with E-state index in [2.05, 4.69) is 62.0 Å². The Balaban J connectivity index is 1.79. The van der Waals surface area contributed by atoms with Crippen LogP contribution in [0.15, 0.2) is 42.5 Å². The summed E-state index contributed by atoms with van der Waals surface area (Å²) in [5, 5.41) is 6.09. The fraction of sp³-hybridized carbons (Fsp3) is 0.533. The van der Waals surface area contributed by atoms with Crippen LogP contribution >= 0.6 is 0 Å². The van der Waals surface area contributed by atoms with Gasteiger partial charge in [0.15, 0.2) is 0 Å². The zero-order valence-electron chi connectivity index (χ0n) is 23.0.